The molecule has 8 heteroatoms. The molecule has 0 heterocycles. The predicted molar refractivity (Wildman–Crippen MR) is 147 cm³/mol. The lowest BCUT2D eigenvalue weighted by molar-refractivity contribution is 0.0963. The number of hydrogen-bond donors (Lipinski definition) is 3. The number of guanidine groups is 1. The summed E-state index contributed by atoms with van der Waals surface area (Å²) in [6, 6.07) is 15.8. The minimum Gasteiger partial charge on any atom is -0.492 e. The molecule has 0 fully saturated rings. The molecule has 0 aliphatic carbocycles. The summed E-state index contributed by atoms with van der Waals surface area (Å²) in [4.78, 5) is 18.4. The summed E-state index contributed by atoms with van der Waals surface area (Å²) in [6.07, 6.45) is 0.797. The first kappa shape index (κ1) is 28.7. The van der Waals surface area contributed by atoms with Crippen LogP contribution < -0.4 is 20.7 Å². The van der Waals surface area contributed by atoms with Crippen LogP contribution in [0.3, 0.4) is 0 Å². The Bertz CT molecular complexity index is 854. The SMILES string of the molecule is CCN(CC)CCOc1ccc(CNC(=NC)NCCc2cccc(C(=O)NC)c2)cc1.I. The zero-order valence-corrected chi connectivity index (χ0v) is 22.5. The number of nitrogens with zero attached hydrogens (tertiary/aromatic N) is 2. The van der Waals surface area contributed by atoms with Crippen LogP contribution in [0.2, 0.25) is 0 Å². The first-order chi connectivity index (χ1) is 15.6. The van der Waals surface area contributed by atoms with Crippen LogP contribution in [0.4, 0.5) is 0 Å². The van der Waals surface area contributed by atoms with Gasteiger partial charge in [-0.2, -0.15) is 0 Å². The number of nitrogens with one attached hydrogen (secondary N) is 3. The summed E-state index contributed by atoms with van der Waals surface area (Å²) in [5, 5.41) is 9.30. The summed E-state index contributed by atoms with van der Waals surface area (Å²) in [7, 11) is 3.40. The van der Waals surface area contributed by atoms with Crippen molar-refractivity contribution in [1.29, 1.82) is 0 Å². The number of rotatable bonds is 12. The number of halogens is 1. The second kappa shape index (κ2) is 16.3. The average Bonchev–Trinajstić information content (AvgIpc) is 2.84. The topological polar surface area (TPSA) is 78.0 Å². The summed E-state index contributed by atoms with van der Waals surface area (Å²) in [5.41, 5.74) is 2.93. The smallest absolute Gasteiger partial charge is 0.251 e. The van der Waals surface area contributed by atoms with E-state index in [-0.39, 0.29) is 29.9 Å². The number of likely N-dealkylation sites (N-methyl/N-ethyl adjacent to an activating group) is 1. The fraction of sp³-hybridized carbons (Fsp3) is 0.440. The van der Waals surface area contributed by atoms with Gasteiger partial charge in [-0.3, -0.25) is 9.79 Å². The van der Waals surface area contributed by atoms with Gasteiger partial charge in [0.05, 0.1) is 0 Å². The van der Waals surface area contributed by atoms with E-state index in [1.807, 2.05) is 36.4 Å². The van der Waals surface area contributed by atoms with E-state index in [4.69, 9.17) is 4.74 Å². The highest BCUT2D eigenvalue weighted by Crippen LogP contribution is 2.12. The van der Waals surface area contributed by atoms with Gasteiger partial charge in [0, 0.05) is 39.3 Å². The quantitative estimate of drug-likeness (QED) is 0.209. The van der Waals surface area contributed by atoms with E-state index >= 15 is 0 Å². The number of ether oxygens (including phenoxy) is 1. The molecular weight excluding hydrogens is 529 g/mol. The lowest BCUT2D eigenvalue weighted by Gasteiger charge is -2.18. The Hall–Kier alpha value is -2.33. The third-order valence-corrected chi connectivity index (χ3v) is 5.30. The average molecular weight is 568 g/mol. The minimum absolute atomic E-state index is 0. The van der Waals surface area contributed by atoms with Gasteiger partial charge in [0.2, 0.25) is 0 Å². The van der Waals surface area contributed by atoms with Crippen LogP contribution in [0.1, 0.15) is 35.3 Å². The highest BCUT2D eigenvalue weighted by molar-refractivity contribution is 14.0. The number of carbonyl (C=O) groups excluding carboxylic acids is 1. The summed E-state index contributed by atoms with van der Waals surface area (Å²) in [5.74, 6) is 1.56. The van der Waals surface area contributed by atoms with Gasteiger partial charge >= 0.3 is 0 Å². The van der Waals surface area contributed by atoms with Crippen molar-refractivity contribution in [2.24, 2.45) is 4.99 Å². The first-order valence-electron chi connectivity index (χ1n) is 11.3. The van der Waals surface area contributed by atoms with E-state index in [9.17, 15) is 4.79 Å². The number of benzene rings is 2. The Morgan fingerprint density at radius 1 is 1.03 bits per heavy atom. The van der Waals surface area contributed by atoms with Gasteiger partial charge in [-0.1, -0.05) is 38.1 Å². The maximum Gasteiger partial charge on any atom is 0.251 e. The van der Waals surface area contributed by atoms with Crippen LogP contribution in [0.15, 0.2) is 53.5 Å². The maximum atomic E-state index is 11.8. The zero-order valence-electron chi connectivity index (χ0n) is 20.2. The maximum absolute atomic E-state index is 11.8. The summed E-state index contributed by atoms with van der Waals surface area (Å²) < 4.78 is 5.84. The fourth-order valence-corrected chi connectivity index (χ4v) is 3.28. The Morgan fingerprint density at radius 2 is 1.76 bits per heavy atom. The molecule has 0 saturated carbocycles. The van der Waals surface area contributed by atoms with Crippen LogP contribution in [-0.4, -0.2) is 63.6 Å². The molecule has 0 spiro atoms. The molecule has 33 heavy (non-hydrogen) atoms. The van der Waals surface area contributed by atoms with E-state index < -0.39 is 0 Å². The van der Waals surface area contributed by atoms with Gasteiger partial charge < -0.3 is 25.6 Å². The van der Waals surface area contributed by atoms with Crippen molar-refractivity contribution in [3.63, 3.8) is 0 Å². The summed E-state index contributed by atoms with van der Waals surface area (Å²) >= 11 is 0. The van der Waals surface area contributed by atoms with E-state index in [2.05, 4.69) is 51.8 Å². The molecule has 0 saturated heterocycles. The Labute approximate surface area is 215 Å². The molecule has 0 radical (unpaired) electrons. The van der Waals surface area contributed by atoms with Crippen molar-refractivity contribution in [3.05, 3.63) is 65.2 Å². The number of amides is 1. The van der Waals surface area contributed by atoms with Crippen LogP contribution in [0.25, 0.3) is 0 Å². The molecule has 0 atom stereocenters. The van der Waals surface area contributed by atoms with Crippen molar-refractivity contribution in [1.82, 2.24) is 20.9 Å². The molecule has 0 aromatic heterocycles. The van der Waals surface area contributed by atoms with Crippen LogP contribution in [-0.2, 0) is 13.0 Å². The molecule has 0 aliphatic rings. The molecule has 0 unspecified atom stereocenters. The van der Waals surface area contributed by atoms with E-state index in [0.717, 1.165) is 55.4 Å². The van der Waals surface area contributed by atoms with Crippen molar-refractivity contribution < 1.29 is 9.53 Å². The Balaban J connectivity index is 0.00000544. The molecule has 2 rings (SSSR count). The van der Waals surface area contributed by atoms with E-state index in [0.29, 0.717) is 18.7 Å². The van der Waals surface area contributed by atoms with E-state index in [1.165, 1.54) is 0 Å². The third-order valence-electron chi connectivity index (χ3n) is 5.30. The van der Waals surface area contributed by atoms with Crippen LogP contribution in [0.5, 0.6) is 5.75 Å². The van der Waals surface area contributed by atoms with Gasteiger partial charge in [0.15, 0.2) is 5.96 Å². The molecule has 0 bridgehead atoms. The molecule has 182 valence electrons. The lowest BCUT2D eigenvalue weighted by atomic mass is 10.1. The zero-order chi connectivity index (χ0) is 23.2. The second-order valence-corrected chi connectivity index (χ2v) is 7.40. The Morgan fingerprint density at radius 3 is 2.39 bits per heavy atom. The minimum atomic E-state index is -0.0717. The van der Waals surface area contributed by atoms with Gasteiger partial charge in [-0.05, 0) is 54.9 Å². The largest absolute Gasteiger partial charge is 0.492 e. The molecule has 7 nitrogen and oxygen atoms in total. The molecule has 2 aromatic rings. The van der Waals surface area contributed by atoms with Crippen molar-refractivity contribution >= 4 is 35.8 Å². The van der Waals surface area contributed by atoms with Crippen LogP contribution in [0, 0.1) is 0 Å². The van der Waals surface area contributed by atoms with Gasteiger partial charge in [-0.15, -0.1) is 24.0 Å². The third kappa shape index (κ3) is 10.4. The number of aliphatic imine (C=N–C) groups is 1. The predicted octanol–water partition coefficient (Wildman–Crippen LogP) is 3.29. The highest BCUT2D eigenvalue weighted by atomic mass is 127. The van der Waals surface area contributed by atoms with Crippen molar-refractivity contribution in [3.8, 4) is 5.75 Å². The first-order valence-corrected chi connectivity index (χ1v) is 11.3. The molecular formula is C25H38IN5O2. The molecule has 3 N–H and O–H groups in total. The molecule has 0 aliphatic heterocycles. The summed E-state index contributed by atoms with van der Waals surface area (Å²) in [6.45, 7) is 9.44. The molecule has 2 aromatic carbocycles. The number of carbonyl (C=O) groups is 1. The van der Waals surface area contributed by atoms with Crippen molar-refractivity contribution in [2.75, 3.05) is 46.9 Å². The van der Waals surface area contributed by atoms with Crippen molar-refractivity contribution in [2.45, 2.75) is 26.8 Å². The fourth-order valence-electron chi connectivity index (χ4n) is 3.28. The van der Waals surface area contributed by atoms with Gasteiger partial charge in [0.25, 0.3) is 5.91 Å². The monoisotopic (exact) mass is 567 g/mol. The van der Waals surface area contributed by atoms with Gasteiger partial charge in [0.1, 0.15) is 12.4 Å². The molecule has 1 amide bonds. The number of hydrogen-bond acceptors (Lipinski definition) is 4. The standard InChI is InChI=1S/C25H37N5O2.HI/c1-5-30(6-2)16-17-32-23-12-10-21(11-13-23)19-29-25(27-4)28-15-14-20-8-7-9-22(18-20)24(31)26-3;/h7-13,18H,5-6,14-17,19H2,1-4H3,(H,26,31)(H2,27,28,29);1H. The van der Waals surface area contributed by atoms with Gasteiger partial charge in [-0.25, -0.2) is 0 Å². The highest BCUT2D eigenvalue weighted by Gasteiger charge is 2.05. The Kier molecular flexibility index (Phi) is 14.2. The second-order valence-electron chi connectivity index (χ2n) is 7.40. The van der Waals surface area contributed by atoms with Crippen LogP contribution >= 0.6 is 24.0 Å². The normalized spacial score (nSPS) is 11.0. The van der Waals surface area contributed by atoms with E-state index in [1.54, 1.807) is 14.1 Å². The lowest BCUT2D eigenvalue weighted by Crippen LogP contribution is -2.37.